The monoisotopic (exact) mass is 243 g/mol. The van der Waals surface area contributed by atoms with Crippen LogP contribution in [0, 0.1) is 0 Å². The maximum Gasteiger partial charge on any atom is 0.411 e. The number of amides is 1. The lowest BCUT2D eigenvalue weighted by Crippen LogP contribution is -2.26. The molecule has 2 aromatic rings. The lowest BCUT2D eigenvalue weighted by molar-refractivity contribution is -0.671. The molecule has 4 nitrogen and oxygen atoms in total. The first kappa shape index (κ1) is 12.1. The molecule has 1 aromatic carbocycles. The highest BCUT2D eigenvalue weighted by Gasteiger charge is 2.03. The molecule has 4 heteroatoms. The summed E-state index contributed by atoms with van der Waals surface area (Å²) < 4.78 is 7.04. The van der Waals surface area contributed by atoms with E-state index >= 15 is 0 Å². The Morgan fingerprint density at radius 1 is 1.17 bits per heavy atom. The number of benzene rings is 1. The summed E-state index contributed by atoms with van der Waals surface area (Å²) >= 11 is 0. The van der Waals surface area contributed by atoms with Gasteiger partial charge in [-0.1, -0.05) is 18.2 Å². The molecule has 1 amide bonds. The summed E-state index contributed by atoms with van der Waals surface area (Å²) in [6.45, 7) is 0.263. The van der Waals surface area contributed by atoms with E-state index in [-0.39, 0.29) is 6.61 Å². The molecule has 0 saturated carbocycles. The van der Waals surface area contributed by atoms with Crippen LogP contribution in [0.25, 0.3) is 0 Å². The van der Waals surface area contributed by atoms with Crippen molar-refractivity contribution < 1.29 is 14.1 Å². The van der Waals surface area contributed by atoms with Gasteiger partial charge in [0.2, 0.25) is 0 Å². The topological polar surface area (TPSA) is 42.2 Å². The van der Waals surface area contributed by atoms with Gasteiger partial charge in [-0.2, -0.15) is 0 Å². The molecule has 92 valence electrons. The lowest BCUT2D eigenvalue weighted by atomic mass is 10.3. The third kappa shape index (κ3) is 3.59. The van der Waals surface area contributed by atoms with E-state index in [2.05, 4.69) is 5.32 Å². The maximum atomic E-state index is 11.5. The molecule has 0 fully saturated rings. The van der Waals surface area contributed by atoms with E-state index in [4.69, 9.17) is 4.74 Å². The molecule has 1 N–H and O–H groups in total. The van der Waals surface area contributed by atoms with Gasteiger partial charge in [0.1, 0.15) is 13.7 Å². The lowest BCUT2D eigenvalue weighted by Gasteiger charge is -2.06. The molecule has 18 heavy (non-hydrogen) atoms. The molecule has 0 aliphatic rings. The van der Waals surface area contributed by atoms with Crippen LogP contribution >= 0.6 is 0 Å². The van der Waals surface area contributed by atoms with Crippen LogP contribution < -0.4 is 9.88 Å². The number of hydrogen-bond acceptors (Lipinski definition) is 2. The molecular formula is C14H15N2O2+. The molecule has 0 aliphatic carbocycles. The van der Waals surface area contributed by atoms with Crippen LogP contribution in [0.5, 0.6) is 0 Å². The zero-order chi connectivity index (χ0) is 12.8. The van der Waals surface area contributed by atoms with Crippen LogP contribution in [0.3, 0.4) is 0 Å². The molecule has 1 aromatic heterocycles. The second-order valence-corrected chi connectivity index (χ2v) is 3.94. The first-order valence-electron chi connectivity index (χ1n) is 5.67. The minimum absolute atomic E-state index is 0.263. The molecule has 0 aliphatic heterocycles. The number of carbonyl (C=O) groups is 1. The van der Waals surface area contributed by atoms with E-state index in [0.717, 1.165) is 11.3 Å². The van der Waals surface area contributed by atoms with E-state index in [0.29, 0.717) is 0 Å². The number of nitrogens with zero attached hydrogens (tertiary/aromatic N) is 1. The molecule has 0 saturated heterocycles. The molecule has 0 bridgehead atoms. The molecule has 2 rings (SSSR count). The third-order valence-corrected chi connectivity index (χ3v) is 2.44. The van der Waals surface area contributed by atoms with Crippen molar-refractivity contribution in [2.45, 2.75) is 6.61 Å². The molecular weight excluding hydrogens is 228 g/mol. The Balaban J connectivity index is 1.83. The molecule has 0 unspecified atom stereocenters. The summed E-state index contributed by atoms with van der Waals surface area (Å²) in [5.41, 5.74) is 1.68. The normalized spacial score (nSPS) is 9.83. The smallest absolute Gasteiger partial charge is 0.411 e. The number of aromatic nitrogens is 1. The van der Waals surface area contributed by atoms with Crippen molar-refractivity contribution in [1.29, 1.82) is 0 Å². The van der Waals surface area contributed by atoms with Crippen molar-refractivity contribution >= 4 is 11.8 Å². The van der Waals surface area contributed by atoms with E-state index in [1.165, 1.54) is 0 Å². The van der Waals surface area contributed by atoms with Gasteiger partial charge in [-0.25, -0.2) is 9.36 Å². The average molecular weight is 243 g/mol. The first-order valence-corrected chi connectivity index (χ1v) is 5.67. The number of para-hydroxylation sites is 1. The van der Waals surface area contributed by atoms with E-state index < -0.39 is 6.09 Å². The minimum atomic E-state index is -0.450. The van der Waals surface area contributed by atoms with Gasteiger partial charge in [-0.3, -0.25) is 5.32 Å². The SMILES string of the molecule is C[n+]1ccc(COC(=O)Nc2ccccc2)cc1. The highest BCUT2D eigenvalue weighted by Crippen LogP contribution is 2.06. The summed E-state index contributed by atoms with van der Waals surface area (Å²) in [5, 5.41) is 2.66. The predicted octanol–water partition coefficient (Wildman–Crippen LogP) is 2.26. The van der Waals surface area contributed by atoms with E-state index in [1.807, 2.05) is 66.5 Å². The first-order chi connectivity index (χ1) is 8.74. The van der Waals surface area contributed by atoms with Crippen molar-refractivity contribution in [3.63, 3.8) is 0 Å². The van der Waals surface area contributed by atoms with Crippen molar-refractivity contribution in [2.75, 3.05) is 5.32 Å². The Kier molecular flexibility index (Phi) is 3.91. The summed E-state index contributed by atoms with van der Waals surface area (Å²) in [7, 11) is 1.94. The van der Waals surface area contributed by atoms with Crippen LogP contribution in [0.2, 0.25) is 0 Å². The Labute approximate surface area is 106 Å². The number of carbonyl (C=O) groups excluding carboxylic acids is 1. The standard InChI is InChI=1S/C14H14N2O2/c1-16-9-7-12(8-10-16)11-18-14(17)15-13-5-3-2-4-6-13/h2-10H,11H2,1H3/p+1. The summed E-state index contributed by atoms with van der Waals surface area (Å²) in [5.74, 6) is 0. The number of ether oxygens (including phenoxy) is 1. The Bertz CT molecular complexity index is 509. The highest BCUT2D eigenvalue weighted by atomic mass is 16.5. The van der Waals surface area contributed by atoms with Gasteiger partial charge in [0, 0.05) is 23.4 Å². The zero-order valence-corrected chi connectivity index (χ0v) is 10.2. The number of aryl methyl sites for hydroxylation is 1. The third-order valence-electron chi connectivity index (χ3n) is 2.44. The van der Waals surface area contributed by atoms with Gasteiger partial charge < -0.3 is 4.74 Å². The molecule has 1 heterocycles. The van der Waals surface area contributed by atoms with Gasteiger partial charge in [-0.05, 0) is 12.1 Å². The van der Waals surface area contributed by atoms with Crippen molar-refractivity contribution in [3.8, 4) is 0 Å². The van der Waals surface area contributed by atoms with Gasteiger partial charge >= 0.3 is 6.09 Å². The van der Waals surface area contributed by atoms with Gasteiger partial charge in [0.15, 0.2) is 12.4 Å². The Morgan fingerprint density at radius 2 is 1.83 bits per heavy atom. The molecule has 0 spiro atoms. The minimum Gasteiger partial charge on any atom is -0.444 e. The Hall–Kier alpha value is -2.36. The number of rotatable bonds is 3. The summed E-state index contributed by atoms with van der Waals surface area (Å²) in [6, 6.07) is 13.0. The number of anilines is 1. The van der Waals surface area contributed by atoms with Crippen molar-refractivity contribution in [2.24, 2.45) is 7.05 Å². The summed E-state index contributed by atoms with van der Waals surface area (Å²) in [4.78, 5) is 11.5. The van der Waals surface area contributed by atoms with Crippen molar-refractivity contribution in [3.05, 3.63) is 60.4 Å². The van der Waals surface area contributed by atoms with Crippen LogP contribution in [0.4, 0.5) is 10.5 Å². The fourth-order valence-electron chi connectivity index (χ4n) is 1.45. The van der Waals surface area contributed by atoms with Gasteiger partial charge in [0.05, 0.1) is 0 Å². The zero-order valence-electron chi connectivity index (χ0n) is 10.2. The van der Waals surface area contributed by atoms with E-state index in [1.54, 1.807) is 0 Å². The largest absolute Gasteiger partial charge is 0.444 e. The van der Waals surface area contributed by atoms with Crippen LogP contribution in [0.15, 0.2) is 54.9 Å². The van der Waals surface area contributed by atoms with Crippen molar-refractivity contribution in [1.82, 2.24) is 0 Å². The maximum absolute atomic E-state index is 11.5. The number of nitrogens with one attached hydrogen (secondary N) is 1. The number of pyridine rings is 1. The fourth-order valence-corrected chi connectivity index (χ4v) is 1.45. The fraction of sp³-hybridized carbons (Fsp3) is 0.143. The van der Waals surface area contributed by atoms with Crippen LogP contribution in [-0.4, -0.2) is 6.09 Å². The second kappa shape index (κ2) is 5.82. The molecule has 0 atom stereocenters. The van der Waals surface area contributed by atoms with Gasteiger partial charge in [0.25, 0.3) is 0 Å². The van der Waals surface area contributed by atoms with Gasteiger partial charge in [-0.15, -0.1) is 0 Å². The number of hydrogen-bond donors (Lipinski definition) is 1. The highest BCUT2D eigenvalue weighted by molar-refractivity contribution is 5.84. The summed E-state index contributed by atoms with van der Waals surface area (Å²) in [6.07, 6.45) is 3.37. The Morgan fingerprint density at radius 3 is 2.50 bits per heavy atom. The molecule has 0 radical (unpaired) electrons. The average Bonchev–Trinajstić information content (AvgIpc) is 2.39. The van der Waals surface area contributed by atoms with Crippen LogP contribution in [-0.2, 0) is 18.4 Å². The quantitative estimate of drug-likeness (QED) is 0.840. The van der Waals surface area contributed by atoms with E-state index in [9.17, 15) is 4.79 Å². The second-order valence-electron chi connectivity index (χ2n) is 3.94. The predicted molar refractivity (Wildman–Crippen MR) is 67.9 cm³/mol. The van der Waals surface area contributed by atoms with Crippen LogP contribution in [0.1, 0.15) is 5.56 Å².